The molecular weight excluding hydrogens is 975 g/mol. The highest BCUT2D eigenvalue weighted by Gasteiger charge is 2.35. The number of anilines is 4. The van der Waals surface area contributed by atoms with E-state index in [2.05, 4.69) is 50.7 Å². The Balaban J connectivity index is 0.000000214. The molecule has 1 amide bonds. The summed E-state index contributed by atoms with van der Waals surface area (Å²) in [4.78, 5) is 49.4. The Bertz CT molecular complexity index is 3330. The van der Waals surface area contributed by atoms with Gasteiger partial charge in [-0.3, -0.25) is 10.2 Å². The van der Waals surface area contributed by atoms with Crippen molar-refractivity contribution < 1.29 is 60.0 Å². The molecule has 0 saturated heterocycles. The first-order chi connectivity index (χ1) is 34.7. The second-order valence-corrected chi connectivity index (χ2v) is 15.2. The number of alkyl halides is 6. The van der Waals surface area contributed by atoms with Crippen LogP contribution in [-0.4, -0.2) is 94.9 Å². The maximum atomic E-state index is 13.3. The molecule has 0 saturated carbocycles. The minimum atomic E-state index is -4.67. The maximum Gasteiger partial charge on any atom is 0.435 e. The molecule has 8 aromatic rings. The van der Waals surface area contributed by atoms with Gasteiger partial charge in [0.25, 0.3) is 5.91 Å². The van der Waals surface area contributed by atoms with Crippen LogP contribution in [-0.2, 0) is 12.4 Å². The van der Waals surface area contributed by atoms with Gasteiger partial charge in [0, 0.05) is 82.9 Å². The van der Waals surface area contributed by atoms with Crippen LogP contribution >= 0.6 is 0 Å². The molecule has 6 aromatic heterocycles. The number of nitrogens with two attached hydrogens (primary N) is 1. The van der Waals surface area contributed by atoms with Crippen molar-refractivity contribution in [3.8, 4) is 57.1 Å². The van der Waals surface area contributed by atoms with Crippen molar-refractivity contribution in [3.05, 3.63) is 131 Å². The number of ether oxygens (including phenoxy) is 4. The lowest BCUT2D eigenvalue weighted by atomic mass is 10.1. The second kappa shape index (κ2) is 21.3. The predicted octanol–water partition coefficient (Wildman–Crippen LogP) is 7.93. The van der Waals surface area contributed by atoms with Gasteiger partial charge < -0.3 is 34.7 Å². The third-order valence-corrected chi connectivity index (χ3v) is 10.1. The summed E-state index contributed by atoms with van der Waals surface area (Å²) < 4.78 is 102. The van der Waals surface area contributed by atoms with Crippen LogP contribution in [0.15, 0.2) is 97.8 Å². The number of methoxy groups -OCH3 is 4. The lowest BCUT2D eigenvalue weighted by molar-refractivity contribution is -0.142. The number of hydrogen-bond acceptors (Lipinski definition) is 17. The molecule has 6 N–H and O–H groups in total. The van der Waals surface area contributed by atoms with Gasteiger partial charge in [-0.15, -0.1) is 0 Å². The normalized spacial score (nSPS) is 11.2. The lowest BCUT2D eigenvalue weighted by Crippen LogP contribution is -2.30. The fourth-order valence-corrected chi connectivity index (χ4v) is 6.86. The molecule has 0 aliphatic heterocycles. The van der Waals surface area contributed by atoms with Gasteiger partial charge in [0.1, 0.15) is 22.6 Å². The third-order valence-electron chi connectivity index (χ3n) is 10.1. The topological polar surface area (TPSA) is 266 Å². The van der Waals surface area contributed by atoms with Crippen molar-refractivity contribution in [1.82, 2.24) is 54.9 Å². The highest BCUT2D eigenvalue weighted by atomic mass is 19.4. The minimum Gasteiger partial charge on any atom is -0.497 e. The Morgan fingerprint density at radius 2 is 1.01 bits per heavy atom. The Kier molecular flexibility index (Phi) is 15.0. The van der Waals surface area contributed by atoms with Gasteiger partial charge in [-0.2, -0.15) is 46.5 Å². The van der Waals surface area contributed by atoms with Gasteiger partial charge in [-0.05, 0) is 73.5 Å². The molecule has 0 atom stereocenters. The smallest absolute Gasteiger partial charge is 0.435 e. The van der Waals surface area contributed by atoms with Crippen LogP contribution in [0.3, 0.4) is 0 Å². The zero-order chi connectivity index (χ0) is 52.8. The van der Waals surface area contributed by atoms with Crippen LogP contribution in [0, 0.1) is 13.8 Å². The van der Waals surface area contributed by atoms with Gasteiger partial charge in [0.05, 0.1) is 28.4 Å². The van der Waals surface area contributed by atoms with Gasteiger partial charge in [0.2, 0.25) is 23.7 Å². The third kappa shape index (κ3) is 12.0. The quantitative estimate of drug-likeness (QED) is 0.0299. The van der Waals surface area contributed by atoms with Crippen LogP contribution in [0.4, 0.5) is 49.6 Å². The standard InChI is InChI=1S/C23H21F3N8O3.C23H19F3N6O4/c1-12-6-14(9-15(7-12)36-2)30-22-29-11-17(13-8-16(20(35)32-27)21(37-3)28-10-13)19(31-22)34-5-4-18(33-34)23(24,25)26;1-12-6-14(9-15(7-12)35-2)29-22-28-11-17(13-8-16(21(33)34)20(36-3)27-10-13)19(30-22)32-5-4-18(31-32)23(24,25)26/h4-11H,27H2,1-3H3,(H,32,35)(H,29,30,31);4-11H,1-3H3,(H,33,34)(H,28,29,30). The molecule has 0 aliphatic carbocycles. The number of nitrogen functional groups attached to an aromatic ring is 1. The van der Waals surface area contributed by atoms with E-state index in [-0.39, 0.29) is 63.1 Å². The number of aromatic nitrogens is 10. The molecule has 0 radical (unpaired) electrons. The minimum absolute atomic E-state index is 0.000651. The first-order valence-corrected chi connectivity index (χ1v) is 20.9. The largest absolute Gasteiger partial charge is 0.497 e. The highest BCUT2D eigenvalue weighted by molar-refractivity contribution is 5.97. The number of pyridine rings is 2. The summed E-state index contributed by atoms with van der Waals surface area (Å²) in [6.45, 7) is 3.74. The fraction of sp³-hybridized carbons (Fsp3) is 0.174. The summed E-state index contributed by atoms with van der Waals surface area (Å²) in [5, 5.41) is 22.8. The number of carbonyl (C=O) groups is 2. The van der Waals surface area contributed by atoms with Gasteiger partial charge >= 0.3 is 18.3 Å². The van der Waals surface area contributed by atoms with E-state index < -0.39 is 35.6 Å². The van der Waals surface area contributed by atoms with Crippen molar-refractivity contribution in [1.29, 1.82) is 0 Å². The van der Waals surface area contributed by atoms with E-state index in [0.717, 1.165) is 45.0 Å². The first kappa shape index (κ1) is 51.5. The van der Waals surface area contributed by atoms with Crippen LogP contribution in [0.2, 0.25) is 0 Å². The summed E-state index contributed by atoms with van der Waals surface area (Å²) >= 11 is 0. The number of benzene rings is 2. The number of amides is 1. The molecule has 0 spiro atoms. The molecular formula is C46H40F6N14O7. The molecule has 2 aromatic carbocycles. The Morgan fingerprint density at radius 1 is 0.589 bits per heavy atom. The number of carbonyl (C=O) groups excluding carboxylic acids is 1. The first-order valence-electron chi connectivity index (χ1n) is 20.9. The summed E-state index contributed by atoms with van der Waals surface area (Å²) in [6.07, 6.45) is -1.73. The van der Waals surface area contributed by atoms with E-state index in [1.54, 1.807) is 12.1 Å². The molecule has 27 heteroatoms. The van der Waals surface area contributed by atoms with Crippen molar-refractivity contribution in [2.45, 2.75) is 26.2 Å². The molecule has 0 bridgehead atoms. The molecule has 0 aliphatic rings. The number of nitrogens with one attached hydrogen (secondary N) is 3. The summed E-state index contributed by atoms with van der Waals surface area (Å²) in [7, 11) is 5.64. The van der Waals surface area contributed by atoms with Crippen LogP contribution in [0.5, 0.6) is 23.3 Å². The summed E-state index contributed by atoms with van der Waals surface area (Å²) in [5.41, 5.74) is 3.47. The van der Waals surface area contributed by atoms with Gasteiger partial charge in [-0.1, -0.05) is 0 Å². The molecule has 6 heterocycles. The number of nitrogens with zero attached hydrogens (tertiary/aromatic N) is 10. The Labute approximate surface area is 409 Å². The molecule has 0 unspecified atom stereocenters. The van der Waals surface area contributed by atoms with Crippen molar-refractivity contribution >= 4 is 35.1 Å². The van der Waals surface area contributed by atoms with E-state index in [1.807, 2.05) is 43.5 Å². The number of aromatic carboxylic acids is 1. The van der Waals surface area contributed by atoms with E-state index in [0.29, 0.717) is 28.4 Å². The molecule has 0 fully saturated rings. The number of aryl methyl sites for hydroxylation is 2. The van der Waals surface area contributed by atoms with Crippen molar-refractivity contribution in [2.24, 2.45) is 5.84 Å². The average molecular weight is 1010 g/mol. The zero-order valence-electron chi connectivity index (χ0n) is 39.0. The Hall–Kier alpha value is -9.40. The summed E-state index contributed by atoms with van der Waals surface area (Å²) in [6, 6.07) is 15.0. The lowest BCUT2D eigenvalue weighted by Gasteiger charge is -2.14. The maximum absolute atomic E-state index is 13.3. The number of halogens is 6. The van der Waals surface area contributed by atoms with E-state index >= 15 is 0 Å². The fourth-order valence-electron chi connectivity index (χ4n) is 6.86. The van der Waals surface area contributed by atoms with Gasteiger partial charge in [-0.25, -0.2) is 39.9 Å². The van der Waals surface area contributed by atoms with Crippen LogP contribution in [0.1, 0.15) is 43.2 Å². The number of hydrazine groups is 1. The predicted molar refractivity (Wildman–Crippen MR) is 249 cm³/mol. The number of hydrogen-bond donors (Lipinski definition) is 5. The van der Waals surface area contributed by atoms with E-state index in [1.165, 1.54) is 65.4 Å². The number of carboxylic acids is 1. The van der Waals surface area contributed by atoms with Crippen LogP contribution in [0.25, 0.3) is 33.9 Å². The Morgan fingerprint density at radius 3 is 1.38 bits per heavy atom. The van der Waals surface area contributed by atoms with Crippen molar-refractivity contribution in [3.63, 3.8) is 0 Å². The molecule has 378 valence electrons. The van der Waals surface area contributed by atoms with Crippen LogP contribution < -0.4 is 40.8 Å². The highest BCUT2D eigenvalue weighted by Crippen LogP contribution is 2.35. The van der Waals surface area contributed by atoms with Crippen molar-refractivity contribution in [2.75, 3.05) is 39.1 Å². The average Bonchev–Trinajstić information content (AvgIpc) is 4.08. The monoisotopic (exact) mass is 1010 g/mol. The number of rotatable bonds is 14. The van der Waals surface area contributed by atoms with Gasteiger partial charge in [0.15, 0.2) is 23.0 Å². The summed E-state index contributed by atoms with van der Waals surface area (Å²) in [5.74, 6) is 4.44. The SMILES string of the molecule is COc1cc(C)cc(Nc2ncc(-c3cnc(OC)c(C(=O)NN)c3)c(-n3ccc(C(F)(F)F)n3)n2)c1.COc1cc(C)cc(Nc2ncc(-c3cnc(OC)c(C(=O)O)c3)c(-n3ccc(C(F)(F)F)n3)n2)c1. The molecule has 8 rings (SSSR count). The van der Waals surface area contributed by atoms with E-state index in [9.17, 15) is 41.0 Å². The zero-order valence-corrected chi connectivity index (χ0v) is 39.0. The van der Waals surface area contributed by atoms with E-state index in [4.69, 9.17) is 24.8 Å². The molecule has 73 heavy (non-hydrogen) atoms. The number of carboxylic acid groups (broad SMARTS) is 1. The second-order valence-electron chi connectivity index (χ2n) is 15.2. The molecule has 21 nitrogen and oxygen atoms in total.